The van der Waals surface area contributed by atoms with Crippen LogP contribution in [0.2, 0.25) is 0 Å². The van der Waals surface area contributed by atoms with E-state index in [9.17, 15) is 4.79 Å². The molecular weight excluding hydrogens is 414 g/mol. The summed E-state index contributed by atoms with van der Waals surface area (Å²) in [6.07, 6.45) is 7.75. The van der Waals surface area contributed by atoms with Crippen LogP contribution in [0.25, 0.3) is 11.0 Å². The van der Waals surface area contributed by atoms with Crippen molar-refractivity contribution in [1.29, 1.82) is 0 Å². The van der Waals surface area contributed by atoms with Crippen LogP contribution in [0.15, 0.2) is 16.9 Å². The van der Waals surface area contributed by atoms with Gasteiger partial charge in [-0.3, -0.25) is 9.59 Å². The molecule has 4 rings (SSSR count). The van der Waals surface area contributed by atoms with E-state index in [0.717, 1.165) is 72.6 Å². The number of aromatic nitrogens is 2. The van der Waals surface area contributed by atoms with Crippen LogP contribution in [0, 0.1) is 5.92 Å². The summed E-state index contributed by atoms with van der Waals surface area (Å²) in [6.45, 7) is 2.87. The van der Waals surface area contributed by atoms with Crippen LogP contribution in [-0.2, 0) is 9.59 Å². The highest BCUT2D eigenvalue weighted by Crippen LogP contribution is 2.39. The molecule has 2 aliphatic rings. The maximum absolute atomic E-state index is 12.2. The molecule has 1 amide bonds. The second kappa shape index (κ2) is 8.26. The summed E-state index contributed by atoms with van der Waals surface area (Å²) < 4.78 is 0.931. The first-order valence-corrected chi connectivity index (χ1v) is 9.82. The zero-order chi connectivity index (χ0) is 19.6. The van der Waals surface area contributed by atoms with Gasteiger partial charge in [-0.05, 0) is 41.6 Å². The Hall–Kier alpha value is -2.13. The predicted molar refractivity (Wildman–Crippen MR) is 108 cm³/mol. The molecule has 5 N–H and O–H groups in total. The minimum absolute atomic E-state index is 0.104. The number of carboxylic acids is 1. The third-order valence-electron chi connectivity index (χ3n) is 4.61. The molecule has 0 unspecified atom stereocenters. The van der Waals surface area contributed by atoms with Gasteiger partial charge in [-0.15, -0.1) is 0 Å². The third-order valence-corrected chi connectivity index (χ3v) is 5.19. The first-order valence-electron chi connectivity index (χ1n) is 9.03. The highest BCUT2D eigenvalue weighted by atomic mass is 79.9. The van der Waals surface area contributed by atoms with Crippen molar-refractivity contribution in [2.45, 2.75) is 38.6 Å². The molecule has 1 saturated carbocycles. The van der Waals surface area contributed by atoms with E-state index in [0.29, 0.717) is 0 Å². The Morgan fingerprint density at radius 3 is 2.74 bits per heavy atom. The maximum atomic E-state index is 12.2. The zero-order valence-electron chi connectivity index (χ0n) is 15.2. The molecule has 1 saturated heterocycles. The Bertz CT molecular complexity index is 845. The number of anilines is 2. The van der Waals surface area contributed by atoms with Crippen LogP contribution in [0.4, 0.5) is 11.4 Å². The number of hydrogen-bond acceptors (Lipinski definition) is 5. The molecule has 1 aliphatic carbocycles. The van der Waals surface area contributed by atoms with E-state index in [-0.39, 0.29) is 17.9 Å². The number of nitrogens with one attached hydrogen (secondary N) is 2. The highest BCUT2D eigenvalue weighted by molar-refractivity contribution is 9.10. The van der Waals surface area contributed by atoms with Gasteiger partial charge in [0, 0.05) is 44.4 Å². The third kappa shape index (κ3) is 4.78. The van der Waals surface area contributed by atoms with Crippen LogP contribution < -0.4 is 16.0 Å². The summed E-state index contributed by atoms with van der Waals surface area (Å²) in [4.78, 5) is 31.0. The number of rotatable bonds is 3. The topological polar surface area (TPSA) is 124 Å². The molecule has 2 aromatic heterocycles. The van der Waals surface area contributed by atoms with Crippen molar-refractivity contribution < 1.29 is 14.7 Å². The fourth-order valence-corrected chi connectivity index (χ4v) is 3.81. The Morgan fingerprint density at radius 2 is 2.11 bits per heavy atom. The Labute approximate surface area is 165 Å². The van der Waals surface area contributed by atoms with Gasteiger partial charge in [0.25, 0.3) is 5.97 Å². The lowest BCUT2D eigenvalue weighted by Crippen LogP contribution is -2.43. The predicted octanol–water partition coefficient (Wildman–Crippen LogP) is 2.69. The van der Waals surface area contributed by atoms with Crippen molar-refractivity contribution in [2.75, 3.05) is 23.3 Å². The van der Waals surface area contributed by atoms with E-state index in [2.05, 4.69) is 36.1 Å². The molecule has 0 bridgehead atoms. The smallest absolute Gasteiger partial charge is 0.300 e. The Balaban J connectivity index is 0.000000481. The van der Waals surface area contributed by atoms with Gasteiger partial charge < -0.3 is 26.0 Å². The summed E-state index contributed by atoms with van der Waals surface area (Å²) in [5.74, 6) is -0.556. The van der Waals surface area contributed by atoms with Crippen LogP contribution in [0.1, 0.15) is 32.6 Å². The van der Waals surface area contributed by atoms with Crippen molar-refractivity contribution in [1.82, 2.24) is 9.97 Å². The van der Waals surface area contributed by atoms with Gasteiger partial charge in [0.15, 0.2) is 0 Å². The molecule has 0 radical (unpaired) electrons. The number of carboxylic acid groups (broad SMARTS) is 1. The Kier molecular flexibility index (Phi) is 6.01. The average Bonchev–Trinajstić information content (AvgIpc) is 3.37. The highest BCUT2D eigenvalue weighted by Gasteiger charge is 2.31. The number of fused-ring (bicyclic) bond motifs is 1. The van der Waals surface area contributed by atoms with Crippen molar-refractivity contribution in [3.63, 3.8) is 0 Å². The minimum Gasteiger partial charge on any atom is -0.481 e. The fourth-order valence-electron chi connectivity index (χ4n) is 3.26. The van der Waals surface area contributed by atoms with Gasteiger partial charge >= 0.3 is 0 Å². The molecule has 27 heavy (non-hydrogen) atoms. The number of aliphatic carboxylic acids is 1. The number of hydrogen-bond donors (Lipinski definition) is 4. The molecule has 146 valence electrons. The Morgan fingerprint density at radius 1 is 1.41 bits per heavy atom. The summed E-state index contributed by atoms with van der Waals surface area (Å²) >= 11 is 3.63. The van der Waals surface area contributed by atoms with Gasteiger partial charge in [0.05, 0.1) is 21.2 Å². The van der Waals surface area contributed by atoms with E-state index in [1.165, 1.54) is 0 Å². The van der Waals surface area contributed by atoms with Gasteiger partial charge in [-0.1, -0.05) is 0 Å². The number of pyridine rings is 1. The lowest BCUT2D eigenvalue weighted by Gasteiger charge is -2.33. The number of halogens is 1. The van der Waals surface area contributed by atoms with Crippen LogP contribution in [0.3, 0.4) is 0 Å². The molecule has 1 atom stereocenters. The maximum Gasteiger partial charge on any atom is 0.300 e. The number of amides is 1. The van der Waals surface area contributed by atoms with Crippen molar-refractivity contribution >= 4 is 50.2 Å². The van der Waals surface area contributed by atoms with Crippen LogP contribution in [-0.4, -0.2) is 46.1 Å². The van der Waals surface area contributed by atoms with E-state index >= 15 is 0 Å². The average molecular weight is 438 g/mol. The molecular formula is C18H24BrN5O3. The van der Waals surface area contributed by atoms with E-state index in [1.54, 1.807) is 6.20 Å². The summed E-state index contributed by atoms with van der Waals surface area (Å²) in [5, 5.41) is 11.4. The quantitative estimate of drug-likeness (QED) is 0.584. The monoisotopic (exact) mass is 437 g/mol. The molecule has 3 heterocycles. The van der Waals surface area contributed by atoms with Crippen molar-refractivity contribution in [3.8, 4) is 0 Å². The molecule has 1 aliphatic heterocycles. The fraction of sp³-hybridized carbons (Fsp3) is 0.500. The lowest BCUT2D eigenvalue weighted by atomic mass is 10.1. The molecule has 0 spiro atoms. The number of nitrogens with two attached hydrogens (primary N) is 1. The summed E-state index contributed by atoms with van der Waals surface area (Å²) in [7, 11) is 0. The molecule has 2 fully saturated rings. The summed E-state index contributed by atoms with van der Waals surface area (Å²) in [6, 6.07) is 0.183. The van der Waals surface area contributed by atoms with Crippen LogP contribution in [0.5, 0.6) is 0 Å². The number of carbonyl (C=O) groups excluding carboxylic acids is 1. The van der Waals surface area contributed by atoms with E-state index < -0.39 is 5.97 Å². The SMILES string of the molecule is CC(=O)O.N[C@@H]1CCCN(c2c(Br)cnc3[nH]cc(NC(=O)C4CC4)c23)C1. The zero-order valence-corrected chi connectivity index (χ0v) is 16.8. The van der Waals surface area contributed by atoms with Crippen molar-refractivity contribution in [2.24, 2.45) is 11.7 Å². The lowest BCUT2D eigenvalue weighted by molar-refractivity contribution is -0.134. The van der Waals surface area contributed by atoms with Crippen LogP contribution >= 0.6 is 15.9 Å². The minimum atomic E-state index is -0.833. The van der Waals surface area contributed by atoms with Gasteiger partial charge in [-0.2, -0.15) is 0 Å². The molecule has 8 nitrogen and oxygen atoms in total. The normalized spacial score (nSPS) is 19.4. The second-order valence-electron chi connectivity index (χ2n) is 7.01. The number of H-pyrrole nitrogens is 1. The first-order chi connectivity index (χ1) is 12.9. The van der Waals surface area contributed by atoms with Gasteiger partial charge in [0.2, 0.25) is 5.91 Å². The van der Waals surface area contributed by atoms with Gasteiger partial charge in [-0.25, -0.2) is 4.98 Å². The summed E-state index contributed by atoms with van der Waals surface area (Å²) in [5.41, 5.74) is 8.81. The van der Waals surface area contributed by atoms with E-state index in [4.69, 9.17) is 15.6 Å². The molecule has 0 aromatic carbocycles. The number of nitrogens with zero attached hydrogens (tertiary/aromatic N) is 2. The first kappa shape index (κ1) is 19.6. The largest absolute Gasteiger partial charge is 0.481 e. The number of piperidine rings is 1. The van der Waals surface area contributed by atoms with E-state index in [1.807, 2.05) is 6.20 Å². The number of aromatic amines is 1. The van der Waals surface area contributed by atoms with Crippen molar-refractivity contribution in [3.05, 3.63) is 16.9 Å². The standard InChI is InChI=1S/C16H20BrN5O.C2H4O2/c17-11-6-19-15-13(14(11)22-5-1-2-10(18)8-22)12(7-20-15)21-16(23)9-3-4-9;1-2(3)4/h6-7,9-10H,1-5,8,18H2,(H,19,20)(H,21,23);1H3,(H,3,4)/t10-;/m1./s1. The molecule has 2 aromatic rings. The molecule has 9 heteroatoms. The second-order valence-corrected chi connectivity index (χ2v) is 7.87. The van der Waals surface area contributed by atoms with Gasteiger partial charge in [0.1, 0.15) is 5.65 Å². The number of carbonyl (C=O) groups is 2.